The molecule has 2 nitrogen and oxygen atoms in total. The molecule has 0 aromatic heterocycles. The van der Waals surface area contributed by atoms with E-state index in [-0.39, 0.29) is 6.04 Å². The molecule has 0 saturated carbocycles. The van der Waals surface area contributed by atoms with Crippen LogP contribution in [0.1, 0.15) is 36.1 Å². The number of rotatable bonds is 3. The van der Waals surface area contributed by atoms with E-state index in [2.05, 4.69) is 25.2 Å². The van der Waals surface area contributed by atoms with Gasteiger partial charge in [-0.05, 0) is 34.4 Å². The molecular weight excluding hydrogens is 294 g/mol. The van der Waals surface area contributed by atoms with Crippen LogP contribution in [-0.4, -0.2) is 17.7 Å². The summed E-state index contributed by atoms with van der Waals surface area (Å²) in [6.07, 6.45) is 4.09. The van der Waals surface area contributed by atoms with E-state index in [1.165, 1.54) is 0 Å². The van der Waals surface area contributed by atoms with E-state index in [1.54, 1.807) is 0 Å². The molecule has 3 rings (SSSR count). The van der Waals surface area contributed by atoms with Gasteiger partial charge >= 0.3 is 0 Å². The lowest BCUT2D eigenvalue weighted by Gasteiger charge is -2.32. The van der Waals surface area contributed by atoms with Crippen LogP contribution < -0.4 is 5.32 Å². The van der Waals surface area contributed by atoms with Gasteiger partial charge in [-0.15, -0.1) is 0 Å². The van der Waals surface area contributed by atoms with Gasteiger partial charge < -0.3 is 10.4 Å². The minimum Gasteiger partial charge on any atom is -0.379 e. The Bertz CT molecular complexity index is 723. The highest BCUT2D eigenvalue weighted by atomic mass is 35.5. The van der Waals surface area contributed by atoms with E-state index in [4.69, 9.17) is 11.6 Å². The highest BCUT2D eigenvalue weighted by Crippen LogP contribution is 2.38. The Morgan fingerprint density at radius 1 is 1.05 bits per heavy atom. The van der Waals surface area contributed by atoms with Crippen molar-refractivity contribution in [3.8, 4) is 0 Å². The molecule has 2 aromatic carbocycles. The average molecular weight is 314 g/mol. The van der Waals surface area contributed by atoms with Crippen LogP contribution in [0.3, 0.4) is 0 Å². The van der Waals surface area contributed by atoms with E-state index < -0.39 is 5.60 Å². The lowest BCUT2D eigenvalue weighted by Crippen LogP contribution is -2.42. The Kier molecular flexibility index (Phi) is 4.09. The van der Waals surface area contributed by atoms with Crippen molar-refractivity contribution in [3.63, 3.8) is 0 Å². The van der Waals surface area contributed by atoms with Gasteiger partial charge in [-0.3, -0.25) is 0 Å². The van der Waals surface area contributed by atoms with Crippen LogP contribution in [0, 0.1) is 0 Å². The summed E-state index contributed by atoms with van der Waals surface area (Å²) in [4.78, 5) is 0. The highest BCUT2D eigenvalue weighted by Gasteiger charge is 2.36. The van der Waals surface area contributed by atoms with Gasteiger partial charge in [0.05, 0.1) is 0 Å². The van der Waals surface area contributed by atoms with Crippen LogP contribution in [0.4, 0.5) is 0 Å². The number of halogens is 1. The molecule has 0 amide bonds. The molecule has 114 valence electrons. The van der Waals surface area contributed by atoms with Crippen LogP contribution in [-0.2, 0) is 5.60 Å². The summed E-state index contributed by atoms with van der Waals surface area (Å²) in [5, 5.41) is 15.6. The minimum atomic E-state index is -1.11. The molecule has 2 N–H and O–H groups in total. The number of benzene rings is 2. The van der Waals surface area contributed by atoms with Gasteiger partial charge in [-0.1, -0.05) is 67.9 Å². The fraction of sp³-hybridized carbons (Fsp3) is 0.263. The monoisotopic (exact) mass is 313 g/mol. The normalized spacial score (nSPS) is 19.7. The molecule has 22 heavy (non-hydrogen) atoms. The predicted molar refractivity (Wildman–Crippen MR) is 93.0 cm³/mol. The van der Waals surface area contributed by atoms with Gasteiger partial charge in [0.1, 0.15) is 5.60 Å². The zero-order valence-electron chi connectivity index (χ0n) is 12.8. The zero-order chi connectivity index (χ0) is 15.7. The van der Waals surface area contributed by atoms with Gasteiger partial charge in [0.25, 0.3) is 0 Å². The maximum atomic E-state index is 11.6. The van der Waals surface area contributed by atoms with Crippen molar-refractivity contribution in [1.29, 1.82) is 0 Å². The topological polar surface area (TPSA) is 32.3 Å². The van der Waals surface area contributed by atoms with Gasteiger partial charge in [0.15, 0.2) is 0 Å². The molecule has 0 saturated heterocycles. The summed E-state index contributed by atoms with van der Waals surface area (Å²) >= 11 is 6.19. The first-order valence-electron chi connectivity index (χ1n) is 7.54. The highest BCUT2D eigenvalue weighted by molar-refractivity contribution is 6.30. The summed E-state index contributed by atoms with van der Waals surface area (Å²) in [5.74, 6) is 0. The molecule has 0 fully saturated rings. The molecule has 1 unspecified atom stereocenters. The van der Waals surface area contributed by atoms with Gasteiger partial charge in [0, 0.05) is 17.6 Å². The van der Waals surface area contributed by atoms with Crippen LogP contribution in [0.2, 0.25) is 5.02 Å². The first-order valence-corrected chi connectivity index (χ1v) is 7.92. The van der Waals surface area contributed by atoms with Crippen LogP contribution in [0.15, 0.2) is 42.5 Å². The number of nitrogens with one attached hydrogen (secondary N) is 1. The SMILES string of the molecule is CC(C)NCC1(O)c2ccccc2C=Cc2ccc(Cl)cc21. The molecule has 0 aliphatic heterocycles. The number of aliphatic hydroxyl groups is 1. The number of hydrogen-bond donors (Lipinski definition) is 2. The van der Waals surface area contributed by atoms with E-state index in [1.807, 2.05) is 48.5 Å². The Morgan fingerprint density at radius 2 is 1.73 bits per heavy atom. The van der Waals surface area contributed by atoms with Crippen molar-refractivity contribution in [1.82, 2.24) is 5.32 Å². The summed E-state index contributed by atoms with van der Waals surface area (Å²) in [6, 6.07) is 13.9. The molecule has 1 atom stereocenters. The Hall–Kier alpha value is -1.61. The van der Waals surface area contributed by atoms with Gasteiger partial charge in [0.2, 0.25) is 0 Å². The molecular formula is C19H20ClNO. The number of hydrogen-bond acceptors (Lipinski definition) is 2. The third-order valence-electron chi connectivity index (χ3n) is 4.08. The van der Waals surface area contributed by atoms with Crippen LogP contribution in [0.5, 0.6) is 0 Å². The Balaban J connectivity index is 2.21. The average Bonchev–Trinajstić information content (AvgIpc) is 2.62. The minimum absolute atomic E-state index is 0.287. The first kappa shape index (κ1) is 15.3. The third-order valence-corrected chi connectivity index (χ3v) is 4.31. The largest absolute Gasteiger partial charge is 0.379 e. The molecule has 0 bridgehead atoms. The standard InChI is InChI=1S/C19H20ClNO/c1-13(2)21-12-19(22)17-6-4-3-5-14(17)7-8-15-9-10-16(20)11-18(15)19/h3-11,13,21-22H,12H2,1-2H3. The van der Waals surface area contributed by atoms with Crippen molar-refractivity contribution in [2.24, 2.45) is 0 Å². The molecule has 2 aromatic rings. The third kappa shape index (κ3) is 2.70. The summed E-state index contributed by atoms with van der Waals surface area (Å²) < 4.78 is 0. The maximum absolute atomic E-state index is 11.6. The Labute approximate surface area is 136 Å². The van der Waals surface area contributed by atoms with Crippen molar-refractivity contribution in [2.45, 2.75) is 25.5 Å². The van der Waals surface area contributed by atoms with Crippen molar-refractivity contribution in [2.75, 3.05) is 6.54 Å². The summed E-state index contributed by atoms with van der Waals surface area (Å²) in [5.41, 5.74) is 2.66. The molecule has 1 aliphatic rings. The van der Waals surface area contributed by atoms with Crippen molar-refractivity contribution >= 4 is 23.8 Å². The van der Waals surface area contributed by atoms with E-state index in [0.717, 1.165) is 22.3 Å². The quantitative estimate of drug-likeness (QED) is 0.895. The second kappa shape index (κ2) is 5.88. The predicted octanol–water partition coefficient (Wildman–Crippen LogP) is 4.06. The molecule has 1 aliphatic carbocycles. The first-order chi connectivity index (χ1) is 10.5. The van der Waals surface area contributed by atoms with E-state index in [9.17, 15) is 5.11 Å². The molecule has 0 spiro atoms. The molecule has 0 heterocycles. The van der Waals surface area contributed by atoms with Crippen molar-refractivity contribution < 1.29 is 5.11 Å². The lowest BCUT2D eigenvalue weighted by atomic mass is 9.83. The maximum Gasteiger partial charge on any atom is 0.128 e. The smallest absolute Gasteiger partial charge is 0.128 e. The Morgan fingerprint density at radius 3 is 2.45 bits per heavy atom. The fourth-order valence-electron chi connectivity index (χ4n) is 2.92. The van der Waals surface area contributed by atoms with Crippen molar-refractivity contribution in [3.05, 3.63) is 69.7 Å². The van der Waals surface area contributed by atoms with Gasteiger partial charge in [-0.25, -0.2) is 0 Å². The fourth-order valence-corrected chi connectivity index (χ4v) is 3.09. The van der Waals surface area contributed by atoms with E-state index in [0.29, 0.717) is 11.6 Å². The van der Waals surface area contributed by atoms with Gasteiger partial charge in [-0.2, -0.15) is 0 Å². The second-order valence-electron chi connectivity index (χ2n) is 6.05. The summed E-state index contributed by atoms with van der Waals surface area (Å²) in [7, 11) is 0. The molecule has 0 radical (unpaired) electrons. The van der Waals surface area contributed by atoms with Crippen LogP contribution >= 0.6 is 11.6 Å². The lowest BCUT2D eigenvalue weighted by molar-refractivity contribution is 0.0776. The second-order valence-corrected chi connectivity index (χ2v) is 6.48. The van der Waals surface area contributed by atoms with E-state index >= 15 is 0 Å². The van der Waals surface area contributed by atoms with Crippen LogP contribution in [0.25, 0.3) is 12.2 Å². The summed E-state index contributed by atoms with van der Waals surface area (Å²) in [6.45, 7) is 4.59. The number of fused-ring (bicyclic) bond motifs is 2. The molecule has 3 heteroatoms. The zero-order valence-corrected chi connectivity index (χ0v) is 13.6.